The Morgan fingerprint density at radius 2 is 1.83 bits per heavy atom. The number of carbonyl (C=O) groups excluding carboxylic acids is 1. The lowest BCUT2D eigenvalue weighted by Crippen LogP contribution is -2.13. The zero-order valence-corrected chi connectivity index (χ0v) is 13.1. The first-order valence-corrected chi connectivity index (χ1v) is 7.77. The van der Waals surface area contributed by atoms with Gasteiger partial charge in [-0.3, -0.25) is 10.1 Å². The molecule has 116 valence electrons. The summed E-state index contributed by atoms with van der Waals surface area (Å²) < 4.78 is 26.3. The molecule has 1 amide bonds. The van der Waals surface area contributed by atoms with Gasteiger partial charge in [-0.1, -0.05) is 41.9 Å². The van der Waals surface area contributed by atoms with Gasteiger partial charge in [-0.2, -0.15) is 0 Å². The van der Waals surface area contributed by atoms with Gasteiger partial charge in [-0.15, -0.1) is 11.3 Å². The minimum Gasteiger partial charge on any atom is -0.298 e. The van der Waals surface area contributed by atoms with Gasteiger partial charge in [0.15, 0.2) is 16.8 Å². The standard InChI is InChI=1S/C16H9ClF2N2OS/c17-11-7-13(19)12(18)6-10(11)15(22)21-16-20-14(8-23-16)9-4-2-1-3-5-9/h1-8H,(H,20,21,22). The maximum Gasteiger partial charge on any atom is 0.259 e. The van der Waals surface area contributed by atoms with Crippen molar-refractivity contribution in [3.8, 4) is 11.3 Å². The lowest BCUT2D eigenvalue weighted by molar-refractivity contribution is 0.102. The number of hydrogen-bond donors (Lipinski definition) is 1. The maximum absolute atomic E-state index is 13.3. The number of rotatable bonds is 3. The number of carbonyl (C=O) groups is 1. The summed E-state index contributed by atoms with van der Waals surface area (Å²) in [6.07, 6.45) is 0. The van der Waals surface area contributed by atoms with Crippen LogP contribution in [0.3, 0.4) is 0 Å². The highest BCUT2D eigenvalue weighted by Crippen LogP contribution is 2.26. The van der Waals surface area contributed by atoms with Crippen LogP contribution in [0.15, 0.2) is 47.8 Å². The lowest BCUT2D eigenvalue weighted by Gasteiger charge is -2.05. The molecule has 3 aromatic rings. The van der Waals surface area contributed by atoms with Crippen molar-refractivity contribution in [2.45, 2.75) is 0 Å². The quantitative estimate of drug-likeness (QED) is 0.676. The van der Waals surface area contributed by atoms with E-state index in [1.54, 1.807) is 5.38 Å². The molecule has 0 bridgehead atoms. The number of nitrogens with zero attached hydrogens (tertiary/aromatic N) is 1. The summed E-state index contributed by atoms with van der Waals surface area (Å²) >= 11 is 7.01. The SMILES string of the molecule is O=C(Nc1nc(-c2ccccc2)cs1)c1cc(F)c(F)cc1Cl. The molecule has 0 saturated carbocycles. The molecule has 0 fully saturated rings. The summed E-state index contributed by atoms with van der Waals surface area (Å²) in [5.41, 5.74) is 1.47. The van der Waals surface area contributed by atoms with E-state index in [4.69, 9.17) is 11.6 Å². The summed E-state index contributed by atoms with van der Waals surface area (Å²) in [6.45, 7) is 0. The third-order valence-corrected chi connectivity index (χ3v) is 4.12. The molecule has 0 unspecified atom stereocenters. The fourth-order valence-electron chi connectivity index (χ4n) is 1.93. The van der Waals surface area contributed by atoms with Gasteiger partial charge < -0.3 is 0 Å². The molecule has 0 atom stereocenters. The fourth-order valence-corrected chi connectivity index (χ4v) is 2.88. The zero-order chi connectivity index (χ0) is 16.4. The van der Waals surface area contributed by atoms with Gasteiger partial charge in [-0.05, 0) is 12.1 Å². The molecule has 3 rings (SSSR count). The van der Waals surface area contributed by atoms with Crippen LogP contribution in [0.1, 0.15) is 10.4 Å². The predicted octanol–water partition coefficient (Wildman–Crippen LogP) is 4.99. The second kappa shape index (κ2) is 6.44. The first-order chi connectivity index (χ1) is 11.0. The monoisotopic (exact) mass is 350 g/mol. The van der Waals surface area contributed by atoms with Crippen molar-refractivity contribution < 1.29 is 13.6 Å². The Bertz CT molecular complexity index is 868. The highest BCUT2D eigenvalue weighted by molar-refractivity contribution is 7.14. The normalized spacial score (nSPS) is 10.6. The summed E-state index contributed by atoms with van der Waals surface area (Å²) in [5, 5.41) is 4.50. The number of halogens is 3. The number of anilines is 1. The van der Waals surface area contributed by atoms with Gasteiger partial charge in [0, 0.05) is 10.9 Å². The third kappa shape index (κ3) is 3.38. The van der Waals surface area contributed by atoms with Crippen LogP contribution in [0.2, 0.25) is 5.02 Å². The highest BCUT2D eigenvalue weighted by atomic mass is 35.5. The summed E-state index contributed by atoms with van der Waals surface area (Å²) in [6, 6.07) is 11.0. The molecule has 0 aliphatic heterocycles. The first-order valence-electron chi connectivity index (χ1n) is 6.51. The number of nitrogens with one attached hydrogen (secondary N) is 1. The van der Waals surface area contributed by atoms with Gasteiger partial charge >= 0.3 is 0 Å². The second-order valence-corrected chi connectivity index (χ2v) is 5.87. The Morgan fingerprint density at radius 1 is 1.13 bits per heavy atom. The second-order valence-electron chi connectivity index (χ2n) is 4.60. The molecule has 0 spiro atoms. The minimum absolute atomic E-state index is 0.151. The molecule has 1 aromatic heterocycles. The number of amides is 1. The topological polar surface area (TPSA) is 42.0 Å². The Balaban J connectivity index is 1.82. The van der Waals surface area contributed by atoms with Gasteiger partial charge in [0.2, 0.25) is 0 Å². The number of benzene rings is 2. The van der Waals surface area contributed by atoms with E-state index in [1.165, 1.54) is 11.3 Å². The molecule has 23 heavy (non-hydrogen) atoms. The zero-order valence-electron chi connectivity index (χ0n) is 11.5. The average molecular weight is 351 g/mol. The third-order valence-electron chi connectivity index (χ3n) is 3.05. The van der Waals surface area contributed by atoms with E-state index in [2.05, 4.69) is 10.3 Å². The molecule has 0 saturated heterocycles. The van der Waals surface area contributed by atoms with Crippen molar-refractivity contribution in [3.05, 3.63) is 70.1 Å². The van der Waals surface area contributed by atoms with E-state index < -0.39 is 17.5 Å². The molecule has 2 aromatic carbocycles. The smallest absolute Gasteiger partial charge is 0.259 e. The van der Waals surface area contributed by atoms with Crippen LogP contribution in [0.5, 0.6) is 0 Å². The van der Waals surface area contributed by atoms with Crippen molar-refractivity contribution in [2.75, 3.05) is 5.32 Å². The van der Waals surface area contributed by atoms with Gasteiger partial charge in [-0.25, -0.2) is 13.8 Å². The number of aromatic nitrogens is 1. The number of hydrogen-bond acceptors (Lipinski definition) is 3. The van der Waals surface area contributed by atoms with Crippen molar-refractivity contribution in [1.82, 2.24) is 4.98 Å². The maximum atomic E-state index is 13.3. The van der Waals surface area contributed by atoms with Crippen LogP contribution in [0.4, 0.5) is 13.9 Å². The van der Waals surface area contributed by atoms with Gasteiger partial charge in [0.05, 0.1) is 16.3 Å². The largest absolute Gasteiger partial charge is 0.298 e. The Hall–Kier alpha value is -2.31. The van der Waals surface area contributed by atoms with Crippen LogP contribution >= 0.6 is 22.9 Å². The summed E-state index contributed by atoms with van der Waals surface area (Å²) in [7, 11) is 0. The van der Waals surface area contributed by atoms with Crippen molar-refractivity contribution in [2.24, 2.45) is 0 Å². The molecular weight excluding hydrogens is 342 g/mol. The first kappa shape index (κ1) is 15.6. The van der Waals surface area contributed by atoms with Gasteiger partial charge in [0.25, 0.3) is 5.91 Å². The van der Waals surface area contributed by atoms with Crippen LogP contribution in [0.25, 0.3) is 11.3 Å². The van der Waals surface area contributed by atoms with E-state index in [-0.39, 0.29) is 10.6 Å². The van der Waals surface area contributed by atoms with Gasteiger partial charge in [0.1, 0.15) is 0 Å². The Kier molecular flexibility index (Phi) is 4.36. The van der Waals surface area contributed by atoms with Crippen LogP contribution < -0.4 is 5.32 Å². The van der Waals surface area contributed by atoms with Crippen molar-refractivity contribution in [3.63, 3.8) is 0 Å². The average Bonchev–Trinajstić information content (AvgIpc) is 3.00. The highest BCUT2D eigenvalue weighted by Gasteiger charge is 2.16. The summed E-state index contributed by atoms with van der Waals surface area (Å²) in [4.78, 5) is 16.4. The molecule has 0 aliphatic rings. The summed E-state index contributed by atoms with van der Waals surface area (Å²) in [5.74, 6) is -2.89. The number of thiazole rings is 1. The van der Waals surface area contributed by atoms with E-state index >= 15 is 0 Å². The van der Waals surface area contributed by atoms with Crippen molar-refractivity contribution >= 4 is 34.0 Å². The molecule has 0 radical (unpaired) electrons. The van der Waals surface area contributed by atoms with E-state index in [0.29, 0.717) is 10.8 Å². The van der Waals surface area contributed by atoms with Crippen molar-refractivity contribution in [1.29, 1.82) is 0 Å². The Labute approximate surface area is 139 Å². The molecule has 1 N–H and O–H groups in total. The Morgan fingerprint density at radius 3 is 2.57 bits per heavy atom. The molecule has 3 nitrogen and oxygen atoms in total. The molecule has 7 heteroatoms. The van der Waals surface area contributed by atoms with Crippen LogP contribution in [-0.4, -0.2) is 10.9 Å². The van der Waals surface area contributed by atoms with E-state index in [0.717, 1.165) is 17.7 Å². The predicted molar refractivity (Wildman–Crippen MR) is 86.9 cm³/mol. The van der Waals surface area contributed by atoms with Crippen LogP contribution in [-0.2, 0) is 0 Å². The van der Waals surface area contributed by atoms with E-state index in [1.807, 2.05) is 30.3 Å². The minimum atomic E-state index is -1.14. The molecule has 0 aliphatic carbocycles. The van der Waals surface area contributed by atoms with Crippen LogP contribution in [0, 0.1) is 11.6 Å². The molecule has 1 heterocycles. The van der Waals surface area contributed by atoms with E-state index in [9.17, 15) is 13.6 Å². The lowest BCUT2D eigenvalue weighted by atomic mass is 10.2. The molecular formula is C16H9ClF2N2OS. The fraction of sp³-hybridized carbons (Fsp3) is 0.